The first-order chi connectivity index (χ1) is 8.67. The van der Waals surface area contributed by atoms with Gasteiger partial charge < -0.3 is 14.6 Å². The van der Waals surface area contributed by atoms with E-state index >= 15 is 0 Å². The molecule has 1 rings (SSSR count). The topological polar surface area (TPSA) is 55.8 Å². The molecule has 0 aliphatic carbocycles. The number of carbonyl (C=O) groups excluding carboxylic acids is 1. The molecule has 0 aliphatic heterocycles. The minimum absolute atomic E-state index is 0.0724. The van der Waals surface area contributed by atoms with Crippen molar-refractivity contribution in [2.75, 3.05) is 13.2 Å². The average molecular weight is 248 g/mol. The number of hydrogen-bond acceptors (Lipinski definition) is 4. The van der Waals surface area contributed by atoms with Crippen molar-refractivity contribution in [3.8, 4) is 11.5 Å². The van der Waals surface area contributed by atoms with Crippen LogP contribution in [-0.2, 0) is 9.53 Å². The van der Waals surface area contributed by atoms with E-state index in [1.165, 1.54) is 18.2 Å². The predicted octanol–water partition coefficient (Wildman–Crippen LogP) is 2.53. The Bertz CT molecular complexity index is 449. The summed E-state index contributed by atoms with van der Waals surface area (Å²) in [7, 11) is 0. The standard InChI is InChI=1S/C14H16O4/c1-3-9-18-14(16)8-6-11-5-7-12(15)13(10-11)17-4-2/h3,5-8,10,15H,1,4,9H2,2H3. The van der Waals surface area contributed by atoms with E-state index in [1.54, 1.807) is 18.2 Å². The lowest BCUT2D eigenvalue weighted by Gasteiger charge is -2.06. The quantitative estimate of drug-likeness (QED) is 0.477. The summed E-state index contributed by atoms with van der Waals surface area (Å²) in [6.45, 7) is 5.92. The molecule has 1 N–H and O–H groups in total. The molecule has 18 heavy (non-hydrogen) atoms. The summed E-state index contributed by atoms with van der Waals surface area (Å²) in [5, 5.41) is 9.51. The second-order valence-corrected chi connectivity index (χ2v) is 3.41. The number of phenolic OH excluding ortho intramolecular Hbond substituents is 1. The van der Waals surface area contributed by atoms with E-state index in [9.17, 15) is 9.90 Å². The molecule has 0 aliphatic rings. The van der Waals surface area contributed by atoms with E-state index < -0.39 is 5.97 Å². The lowest BCUT2D eigenvalue weighted by molar-refractivity contribution is -0.136. The molecule has 0 atom stereocenters. The molecule has 1 aromatic carbocycles. The van der Waals surface area contributed by atoms with Crippen molar-refractivity contribution in [3.05, 3.63) is 42.5 Å². The van der Waals surface area contributed by atoms with E-state index in [-0.39, 0.29) is 12.4 Å². The third kappa shape index (κ3) is 4.33. The third-order valence-corrected chi connectivity index (χ3v) is 2.04. The Morgan fingerprint density at radius 3 is 2.94 bits per heavy atom. The summed E-state index contributed by atoms with van der Waals surface area (Å²) in [6.07, 6.45) is 4.40. The number of rotatable bonds is 6. The Labute approximate surface area is 106 Å². The van der Waals surface area contributed by atoms with Crippen LogP contribution in [-0.4, -0.2) is 24.3 Å². The van der Waals surface area contributed by atoms with E-state index in [1.807, 2.05) is 6.92 Å². The smallest absolute Gasteiger partial charge is 0.331 e. The fourth-order valence-corrected chi connectivity index (χ4v) is 1.26. The highest BCUT2D eigenvalue weighted by molar-refractivity contribution is 5.87. The molecule has 0 amide bonds. The van der Waals surface area contributed by atoms with Crippen LogP contribution in [0.4, 0.5) is 0 Å². The van der Waals surface area contributed by atoms with Crippen molar-refractivity contribution in [1.29, 1.82) is 0 Å². The lowest BCUT2D eigenvalue weighted by Crippen LogP contribution is -1.99. The number of aromatic hydroxyl groups is 1. The first kappa shape index (κ1) is 13.8. The zero-order valence-corrected chi connectivity index (χ0v) is 10.3. The van der Waals surface area contributed by atoms with Crippen molar-refractivity contribution in [3.63, 3.8) is 0 Å². The fourth-order valence-electron chi connectivity index (χ4n) is 1.26. The summed E-state index contributed by atoms with van der Waals surface area (Å²) in [5.74, 6) is 0.0169. The van der Waals surface area contributed by atoms with Crippen LogP contribution in [0.5, 0.6) is 11.5 Å². The Balaban J connectivity index is 2.72. The van der Waals surface area contributed by atoms with Gasteiger partial charge in [-0.3, -0.25) is 0 Å². The first-order valence-electron chi connectivity index (χ1n) is 5.59. The van der Waals surface area contributed by atoms with Gasteiger partial charge in [0.25, 0.3) is 0 Å². The summed E-state index contributed by atoms with van der Waals surface area (Å²) in [5.41, 5.74) is 0.742. The van der Waals surface area contributed by atoms with Crippen LogP contribution in [0, 0.1) is 0 Å². The Morgan fingerprint density at radius 2 is 2.28 bits per heavy atom. The molecule has 0 heterocycles. The van der Waals surface area contributed by atoms with Gasteiger partial charge in [0.05, 0.1) is 6.61 Å². The Morgan fingerprint density at radius 1 is 1.50 bits per heavy atom. The molecule has 1 aromatic rings. The minimum atomic E-state index is -0.444. The van der Waals surface area contributed by atoms with Crippen molar-refractivity contribution in [2.24, 2.45) is 0 Å². The van der Waals surface area contributed by atoms with Gasteiger partial charge in [-0.2, -0.15) is 0 Å². The molecule has 0 unspecified atom stereocenters. The Kier molecular flexibility index (Phi) is 5.51. The van der Waals surface area contributed by atoms with Crippen LogP contribution in [0.1, 0.15) is 12.5 Å². The number of phenols is 1. The van der Waals surface area contributed by atoms with Gasteiger partial charge in [0, 0.05) is 6.08 Å². The molecule has 0 saturated heterocycles. The molecular weight excluding hydrogens is 232 g/mol. The molecule has 4 nitrogen and oxygen atoms in total. The average Bonchev–Trinajstić information content (AvgIpc) is 2.37. The molecule has 0 aromatic heterocycles. The maximum Gasteiger partial charge on any atom is 0.331 e. The van der Waals surface area contributed by atoms with Gasteiger partial charge in [-0.15, -0.1) is 0 Å². The third-order valence-electron chi connectivity index (χ3n) is 2.04. The second-order valence-electron chi connectivity index (χ2n) is 3.41. The van der Waals surface area contributed by atoms with Crippen molar-refractivity contribution in [2.45, 2.75) is 6.92 Å². The fraction of sp³-hybridized carbons (Fsp3) is 0.214. The maximum atomic E-state index is 11.2. The van der Waals surface area contributed by atoms with Gasteiger partial charge in [-0.25, -0.2) is 4.79 Å². The SMILES string of the molecule is C=CCOC(=O)C=Cc1ccc(O)c(OCC)c1. The van der Waals surface area contributed by atoms with Gasteiger partial charge >= 0.3 is 5.97 Å². The predicted molar refractivity (Wildman–Crippen MR) is 69.5 cm³/mol. The minimum Gasteiger partial charge on any atom is -0.504 e. The van der Waals surface area contributed by atoms with E-state index in [0.717, 1.165) is 5.56 Å². The summed E-state index contributed by atoms with van der Waals surface area (Å²) >= 11 is 0. The molecule has 0 fully saturated rings. The van der Waals surface area contributed by atoms with Crippen LogP contribution in [0.2, 0.25) is 0 Å². The van der Waals surface area contributed by atoms with Crippen LogP contribution in [0.15, 0.2) is 36.9 Å². The van der Waals surface area contributed by atoms with Crippen LogP contribution >= 0.6 is 0 Å². The first-order valence-corrected chi connectivity index (χ1v) is 5.59. The molecule has 0 saturated carbocycles. The highest BCUT2D eigenvalue weighted by atomic mass is 16.5. The van der Waals surface area contributed by atoms with Gasteiger partial charge in [0.2, 0.25) is 0 Å². The maximum absolute atomic E-state index is 11.2. The highest BCUT2D eigenvalue weighted by Gasteiger charge is 2.02. The molecule has 0 spiro atoms. The van der Waals surface area contributed by atoms with E-state index in [2.05, 4.69) is 6.58 Å². The van der Waals surface area contributed by atoms with Gasteiger partial charge in [-0.05, 0) is 30.7 Å². The number of carbonyl (C=O) groups is 1. The summed E-state index contributed by atoms with van der Waals surface area (Å²) in [6, 6.07) is 4.84. The van der Waals surface area contributed by atoms with Crippen molar-refractivity contribution in [1.82, 2.24) is 0 Å². The normalized spacial score (nSPS) is 10.3. The molecular formula is C14H16O4. The van der Waals surface area contributed by atoms with Crippen LogP contribution in [0.25, 0.3) is 6.08 Å². The van der Waals surface area contributed by atoms with Gasteiger partial charge in [0.1, 0.15) is 6.61 Å². The zero-order chi connectivity index (χ0) is 13.4. The van der Waals surface area contributed by atoms with Gasteiger partial charge in [-0.1, -0.05) is 18.7 Å². The molecule has 0 radical (unpaired) electrons. The number of esters is 1. The molecule has 4 heteroatoms. The van der Waals surface area contributed by atoms with Crippen molar-refractivity contribution < 1.29 is 19.4 Å². The van der Waals surface area contributed by atoms with E-state index in [4.69, 9.17) is 9.47 Å². The number of ether oxygens (including phenoxy) is 2. The molecule has 0 bridgehead atoms. The Hall–Kier alpha value is -2.23. The monoisotopic (exact) mass is 248 g/mol. The van der Waals surface area contributed by atoms with Crippen molar-refractivity contribution >= 4 is 12.0 Å². The summed E-state index contributed by atoms with van der Waals surface area (Å²) < 4.78 is 10.0. The van der Waals surface area contributed by atoms with Gasteiger partial charge in [0.15, 0.2) is 11.5 Å². The molecule has 96 valence electrons. The number of benzene rings is 1. The summed E-state index contributed by atoms with van der Waals surface area (Å²) in [4.78, 5) is 11.2. The largest absolute Gasteiger partial charge is 0.504 e. The zero-order valence-electron chi connectivity index (χ0n) is 10.3. The van der Waals surface area contributed by atoms with Crippen LogP contribution in [0.3, 0.4) is 0 Å². The highest BCUT2D eigenvalue weighted by Crippen LogP contribution is 2.27. The van der Waals surface area contributed by atoms with Crippen LogP contribution < -0.4 is 4.74 Å². The lowest BCUT2D eigenvalue weighted by atomic mass is 10.2. The van der Waals surface area contributed by atoms with E-state index in [0.29, 0.717) is 12.4 Å². The number of hydrogen-bond donors (Lipinski definition) is 1. The second kappa shape index (κ2) is 7.17.